The van der Waals surface area contributed by atoms with Crippen LogP contribution in [0, 0.1) is 0 Å². The molecule has 0 saturated carbocycles. The Morgan fingerprint density at radius 3 is 2.29 bits per heavy atom. The smallest absolute Gasteiger partial charge is 0.127 e. The van der Waals surface area contributed by atoms with Gasteiger partial charge in [-0.05, 0) is 35.4 Å². The number of hydrogen-bond donors (Lipinski definition) is 2. The summed E-state index contributed by atoms with van der Waals surface area (Å²) in [6.07, 6.45) is -0.0946. The molecule has 1 saturated heterocycles. The first kappa shape index (κ1) is 18.2. The van der Waals surface area contributed by atoms with Crippen LogP contribution in [-0.4, -0.2) is 17.5 Å². The van der Waals surface area contributed by atoms with E-state index < -0.39 is 6.10 Å². The quantitative estimate of drug-likeness (QED) is 0.663. The molecule has 28 heavy (non-hydrogen) atoms. The van der Waals surface area contributed by atoms with Crippen molar-refractivity contribution < 1.29 is 14.7 Å². The van der Waals surface area contributed by atoms with Gasteiger partial charge in [-0.25, -0.2) is 0 Å². The molecule has 0 bridgehead atoms. The van der Waals surface area contributed by atoms with E-state index in [1.165, 1.54) is 0 Å². The molecule has 5 heteroatoms. The van der Waals surface area contributed by atoms with E-state index in [2.05, 4.69) is 10.5 Å². The van der Waals surface area contributed by atoms with Gasteiger partial charge in [-0.1, -0.05) is 60.7 Å². The number of hydroxylamine groups is 1. The summed E-state index contributed by atoms with van der Waals surface area (Å²) >= 11 is 0. The van der Waals surface area contributed by atoms with Gasteiger partial charge in [0.25, 0.3) is 0 Å². The highest BCUT2D eigenvalue weighted by atomic mass is 16.7. The van der Waals surface area contributed by atoms with Gasteiger partial charge in [-0.3, -0.25) is 15.3 Å². The summed E-state index contributed by atoms with van der Waals surface area (Å²) in [6, 6.07) is 27.1. The summed E-state index contributed by atoms with van der Waals surface area (Å²) in [7, 11) is 0. The fourth-order valence-electron chi connectivity index (χ4n) is 3.03. The summed E-state index contributed by atoms with van der Waals surface area (Å²) < 4.78 is 5.82. The molecule has 2 atom stereocenters. The van der Waals surface area contributed by atoms with Gasteiger partial charge < -0.3 is 9.84 Å². The summed E-state index contributed by atoms with van der Waals surface area (Å²) in [5.74, 6) is 2.32. The van der Waals surface area contributed by atoms with E-state index in [1.807, 2.05) is 84.9 Å². The van der Waals surface area contributed by atoms with Crippen molar-refractivity contribution in [2.45, 2.75) is 18.6 Å². The zero-order chi connectivity index (χ0) is 19.2. The lowest BCUT2D eigenvalue weighted by molar-refractivity contribution is 0.0447. The number of amidine groups is 1. The number of aliphatic hydroxyl groups excluding tert-OH is 1. The fraction of sp³-hybridized carbons (Fsp3) is 0.174. The Balaban J connectivity index is 1.33. The summed E-state index contributed by atoms with van der Waals surface area (Å²) in [4.78, 5) is 10.1. The maximum Gasteiger partial charge on any atom is 0.127 e. The monoisotopic (exact) mass is 374 g/mol. The molecule has 3 aromatic rings. The number of aliphatic imine (C=N–C) groups is 1. The minimum absolute atomic E-state index is 0.113. The number of hydrogen-bond acceptors (Lipinski definition) is 4. The molecule has 0 amide bonds. The molecule has 142 valence electrons. The zero-order valence-electron chi connectivity index (χ0n) is 15.4. The molecule has 1 heterocycles. The van der Waals surface area contributed by atoms with Crippen LogP contribution >= 0.6 is 0 Å². The van der Waals surface area contributed by atoms with Gasteiger partial charge in [-0.15, -0.1) is 0 Å². The van der Waals surface area contributed by atoms with Crippen molar-refractivity contribution in [3.05, 3.63) is 96.1 Å². The topological polar surface area (TPSA) is 63.1 Å². The molecule has 1 aliphatic rings. The first-order valence-corrected chi connectivity index (χ1v) is 9.29. The number of aliphatic hydroxyl groups is 1. The van der Waals surface area contributed by atoms with Crippen molar-refractivity contribution in [1.82, 2.24) is 5.48 Å². The van der Waals surface area contributed by atoms with Gasteiger partial charge in [0, 0.05) is 6.42 Å². The molecule has 0 spiro atoms. The number of para-hydroxylation sites is 1. The third-order valence-electron chi connectivity index (χ3n) is 4.57. The predicted octanol–water partition coefficient (Wildman–Crippen LogP) is 4.58. The molecule has 0 aliphatic carbocycles. The molecular formula is C23H22N2O3. The zero-order valence-corrected chi connectivity index (χ0v) is 15.4. The van der Waals surface area contributed by atoms with Crippen LogP contribution in [0.25, 0.3) is 0 Å². The van der Waals surface area contributed by atoms with Gasteiger partial charge >= 0.3 is 0 Å². The van der Waals surface area contributed by atoms with Crippen LogP contribution in [0.1, 0.15) is 29.8 Å². The van der Waals surface area contributed by atoms with Crippen molar-refractivity contribution >= 4 is 5.84 Å². The number of nitrogens with zero attached hydrogens (tertiary/aromatic N) is 1. The summed E-state index contributed by atoms with van der Waals surface area (Å²) in [5.41, 5.74) is 4.78. The minimum Gasteiger partial charge on any atom is -0.457 e. The average Bonchev–Trinajstić information content (AvgIpc) is 3.23. The maximum atomic E-state index is 10.2. The van der Waals surface area contributed by atoms with E-state index in [4.69, 9.17) is 9.57 Å². The van der Waals surface area contributed by atoms with Gasteiger partial charge in [-0.2, -0.15) is 0 Å². The maximum absolute atomic E-state index is 10.2. The molecular weight excluding hydrogens is 352 g/mol. The fourth-order valence-corrected chi connectivity index (χ4v) is 3.03. The lowest BCUT2D eigenvalue weighted by Gasteiger charge is -2.09. The third-order valence-corrected chi connectivity index (χ3v) is 4.57. The Morgan fingerprint density at radius 1 is 0.929 bits per heavy atom. The standard InChI is InChI=1S/C23H22N2O3/c26-21(17-7-3-1-4-8-17)16-24-23-15-22(28-25-23)18-11-13-20(14-12-18)27-19-9-5-2-6-10-19/h1-14,21-22,26H,15-16H2,(H,24,25). The van der Waals surface area contributed by atoms with Crippen LogP contribution in [-0.2, 0) is 4.84 Å². The molecule has 1 aliphatic heterocycles. The van der Waals surface area contributed by atoms with Gasteiger partial charge in [0.2, 0.25) is 0 Å². The highest BCUT2D eigenvalue weighted by Gasteiger charge is 2.23. The van der Waals surface area contributed by atoms with Crippen molar-refractivity contribution in [1.29, 1.82) is 0 Å². The highest BCUT2D eigenvalue weighted by molar-refractivity contribution is 5.83. The molecule has 0 aromatic heterocycles. The van der Waals surface area contributed by atoms with E-state index in [1.54, 1.807) is 0 Å². The second-order valence-electron chi connectivity index (χ2n) is 6.61. The highest BCUT2D eigenvalue weighted by Crippen LogP contribution is 2.28. The Kier molecular flexibility index (Phi) is 5.66. The summed E-state index contributed by atoms with van der Waals surface area (Å²) in [5, 5.41) is 10.2. The Hall–Kier alpha value is -3.15. The SMILES string of the molecule is OC(CN=C1CC(c2ccc(Oc3ccccc3)cc2)ON1)c1ccccc1. The lowest BCUT2D eigenvalue weighted by atomic mass is 10.1. The normalized spacial score (nSPS) is 18.6. The average molecular weight is 374 g/mol. The van der Waals surface area contributed by atoms with E-state index in [0.717, 1.165) is 28.5 Å². The lowest BCUT2D eigenvalue weighted by Crippen LogP contribution is -2.14. The van der Waals surface area contributed by atoms with Gasteiger partial charge in [0.05, 0.1) is 12.6 Å². The molecule has 2 N–H and O–H groups in total. The Labute approximate surface area is 164 Å². The van der Waals surface area contributed by atoms with Crippen molar-refractivity contribution in [2.75, 3.05) is 6.54 Å². The Morgan fingerprint density at radius 2 is 1.57 bits per heavy atom. The van der Waals surface area contributed by atoms with E-state index in [0.29, 0.717) is 13.0 Å². The minimum atomic E-state index is -0.621. The van der Waals surface area contributed by atoms with Crippen LogP contribution in [0.2, 0.25) is 0 Å². The van der Waals surface area contributed by atoms with Gasteiger partial charge in [0.1, 0.15) is 23.4 Å². The number of nitrogens with one attached hydrogen (secondary N) is 1. The number of benzene rings is 3. The van der Waals surface area contributed by atoms with Crippen LogP contribution < -0.4 is 10.2 Å². The first-order valence-electron chi connectivity index (χ1n) is 9.29. The second-order valence-corrected chi connectivity index (χ2v) is 6.61. The number of ether oxygens (including phenoxy) is 1. The molecule has 2 unspecified atom stereocenters. The van der Waals surface area contributed by atoms with Crippen LogP contribution in [0.4, 0.5) is 0 Å². The molecule has 0 radical (unpaired) electrons. The van der Waals surface area contributed by atoms with Crippen LogP contribution in [0.3, 0.4) is 0 Å². The van der Waals surface area contributed by atoms with Gasteiger partial charge in [0.15, 0.2) is 0 Å². The third kappa shape index (κ3) is 4.57. The van der Waals surface area contributed by atoms with E-state index in [-0.39, 0.29) is 6.10 Å². The largest absolute Gasteiger partial charge is 0.457 e. The van der Waals surface area contributed by atoms with Crippen LogP contribution in [0.15, 0.2) is 89.9 Å². The first-order chi connectivity index (χ1) is 13.8. The molecule has 4 rings (SSSR count). The summed E-state index contributed by atoms with van der Waals surface area (Å²) in [6.45, 7) is 0.298. The predicted molar refractivity (Wildman–Crippen MR) is 108 cm³/mol. The van der Waals surface area contributed by atoms with E-state index in [9.17, 15) is 5.11 Å². The van der Waals surface area contributed by atoms with Crippen molar-refractivity contribution in [3.63, 3.8) is 0 Å². The van der Waals surface area contributed by atoms with Crippen molar-refractivity contribution in [2.24, 2.45) is 4.99 Å². The molecule has 1 fully saturated rings. The second kappa shape index (κ2) is 8.69. The van der Waals surface area contributed by atoms with Crippen LogP contribution in [0.5, 0.6) is 11.5 Å². The number of rotatable bonds is 6. The van der Waals surface area contributed by atoms with E-state index >= 15 is 0 Å². The Bertz CT molecular complexity index is 912. The molecule has 5 nitrogen and oxygen atoms in total. The molecule has 3 aromatic carbocycles. The van der Waals surface area contributed by atoms with Crippen molar-refractivity contribution in [3.8, 4) is 11.5 Å².